The molecule has 3 nitrogen and oxygen atoms in total. The van der Waals surface area contributed by atoms with Crippen molar-refractivity contribution in [2.45, 2.75) is 25.3 Å². The van der Waals surface area contributed by atoms with Gasteiger partial charge in [0.15, 0.2) is 0 Å². The van der Waals surface area contributed by atoms with E-state index >= 15 is 0 Å². The van der Waals surface area contributed by atoms with Gasteiger partial charge in [-0.05, 0) is 17.7 Å². The topological polar surface area (TPSA) is 23.6 Å². The van der Waals surface area contributed by atoms with Crippen molar-refractivity contribution in [2.24, 2.45) is 0 Å². The Morgan fingerprint density at radius 3 is 1.87 bits per heavy atom. The zero-order valence-corrected chi connectivity index (χ0v) is 12.5. The third-order valence-electron chi connectivity index (χ3n) is 2.90. The van der Waals surface area contributed by atoms with Crippen LogP contribution in [0.3, 0.4) is 0 Å². The lowest BCUT2D eigenvalue weighted by Gasteiger charge is -2.25. The van der Waals surface area contributed by atoms with Gasteiger partial charge in [0.05, 0.1) is 0 Å². The minimum absolute atomic E-state index is 0.165. The lowest BCUT2D eigenvalue weighted by molar-refractivity contribution is -0.177. The Morgan fingerprint density at radius 1 is 0.957 bits per heavy atom. The predicted octanol–water partition coefficient (Wildman–Crippen LogP) is 3.60. The number of carbonyl (C=O) groups excluding carboxylic acids is 1. The molecule has 1 aromatic rings. The third kappa shape index (κ3) is 7.25. The summed E-state index contributed by atoms with van der Waals surface area (Å²) in [5, 5.41) is 0. The number of hydrogen-bond acceptors (Lipinski definition) is 2. The number of nitrogens with zero attached hydrogens (tertiary/aromatic N) is 2. The van der Waals surface area contributed by atoms with Crippen molar-refractivity contribution in [3.05, 3.63) is 29.8 Å². The van der Waals surface area contributed by atoms with E-state index in [0.29, 0.717) is 5.56 Å². The maximum atomic E-state index is 12.5. The van der Waals surface area contributed by atoms with Crippen molar-refractivity contribution in [2.75, 3.05) is 25.5 Å². The maximum Gasteiger partial charge on any atom is 0.406 e. The van der Waals surface area contributed by atoms with Gasteiger partial charge in [0.2, 0.25) is 5.91 Å². The van der Waals surface area contributed by atoms with E-state index in [1.54, 1.807) is 31.1 Å². The molecule has 1 rings (SSSR count). The number of hydrogen-bond donors (Lipinski definition) is 0. The van der Waals surface area contributed by atoms with Gasteiger partial charge in [-0.25, -0.2) is 0 Å². The van der Waals surface area contributed by atoms with Crippen molar-refractivity contribution >= 4 is 11.6 Å². The second kappa shape index (κ2) is 7.10. The van der Waals surface area contributed by atoms with Crippen LogP contribution in [0.25, 0.3) is 0 Å². The molecule has 0 aliphatic carbocycles. The molecule has 9 heteroatoms. The summed E-state index contributed by atoms with van der Waals surface area (Å²) in [5.74, 6) is -1.61. The molecule has 0 saturated heterocycles. The van der Waals surface area contributed by atoms with Crippen LogP contribution in [-0.2, 0) is 11.3 Å². The molecule has 1 aromatic carbocycles. The van der Waals surface area contributed by atoms with Crippen LogP contribution in [0, 0.1) is 0 Å². The van der Waals surface area contributed by atoms with E-state index in [1.165, 1.54) is 12.1 Å². The van der Waals surface area contributed by atoms with Gasteiger partial charge in [-0.15, -0.1) is 0 Å². The van der Waals surface area contributed by atoms with E-state index in [0.717, 1.165) is 5.69 Å². The molecule has 0 N–H and O–H groups in total. The molecule has 0 aromatic heterocycles. The van der Waals surface area contributed by atoms with Crippen LogP contribution in [0.15, 0.2) is 24.3 Å². The SMILES string of the molecule is CN(C)c1ccc(CN(CC(F)(F)F)C(=O)CC(F)(F)F)cc1. The standard InChI is InChI=1S/C14H16F6N2O/c1-21(2)11-5-3-10(4-6-11)8-22(9-14(18,19)20)12(23)7-13(15,16)17/h3-6H,7-9H2,1-2H3. The van der Waals surface area contributed by atoms with Crippen LogP contribution < -0.4 is 4.90 Å². The molecule has 23 heavy (non-hydrogen) atoms. The summed E-state index contributed by atoms with van der Waals surface area (Å²) >= 11 is 0. The molecule has 0 aliphatic rings. The maximum absolute atomic E-state index is 12.5. The van der Waals surface area contributed by atoms with Gasteiger partial charge in [-0.2, -0.15) is 26.3 Å². The van der Waals surface area contributed by atoms with Gasteiger partial charge in [0.1, 0.15) is 13.0 Å². The molecule has 0 heterocycles. The van der Waals surface area contributed by atoms with E-state index in [9.17, 15) is 31.1 Å². The van der Waals surface area contributed by atoms with E-state index in [2.05, 4.69) is 0 Å². The summed E-state index contributed by atoms with van der Waals surface area (Å²) in [4.78, 5) is 13.4. The van der Waals surface area contributed by atoms with Crippen LogP contribution >= 0.6 is 0 Å². The number of rotatable bonds is 5. The Bertz CT molecular complexity index is 522. The molecular formula is C14H16F6N2O. The summed E-state index contributed by atoms with van der Waals surface area (Å²) in [5.41, 5.74) is 1.09. The Balaban J connectivity index is 2.89. The average Bonchev–Trinajstić information content (AvgIpc) is 2.35. The van der Waals surface area contributed by atoms with Crippen molar-refractivity contribution in [3.8, 4) is 0 Å². The molecule has 0 bridgehead atoms. The van der Waals surface area contributed by atoms with Crippen LogP contribution in [0.4, 0.5) is 32.0 Å². The van der Waals surface area contributed by atoms with E-state index in [1.807, 2.05) is 0 Å². The van der Waals surface area contributed by atoms with Gasteiger partial charge in [0, 0.05) is 26.3 Å². The zero-order valence-electron chi connectivity index (χ0n) is 12.5. The molecule has 0 saturated carbocycles. The first-order valence-electron chi connectivity index (χ1n) is 6.55. The van der Waals surface area contributed by atoms with Crippen molar-refractivity contribution in [1.82, 2.24) is 4.90 Å². The Labute approximate surface area is 129 Å². The van der Waals surface area contributed by atoms with Crippen LogP contribution in [0.1, 0.15) is 12.0 Å². The summed E-state index contributed by atoms with van der Waals surface area (Å²) in [6, 6.07) is 6.16. The smallest absolute Gasteiger partial charge is 0.378 e. The fourth-order valence-corrected chi connectivity index (χ4v) is 1.85. The van der Waals surface area contributed by atoms with Gasteiger partial charge < -0.3 is 9.80 Å². The third-order valence-corrected chi connectivity index (χ3v) is 2.90. The van der Waals surface area contributed by atoms with E-state index < -0.39 is 37.8 Å². The first kappa shape index (κ1) is 19.1. The number of anilines is 1. The van der Waals surface area contributed by atoms with Gasteiger partial charge >= 0.3 is 12.4 Å². The molecule has 130 valence electrons. The highest BCUT2D eigenvalue weighted by Gasteiger charge is 2.38. The quantitative estimate of drug-likeness (QED) is 0.764. The van der Waals surface area contributed by atoms with Gasteiger partial charge in [-0.3, -0.25) is 4.79 Å². The monoisotopic (exact) mass is 342 g/mol. The summed E-state index contributed by atoms with van der Waals surface area (Å²) < 4.78 is 74.2. The molecule has 0 fully saturated rings. The van der Waals surface area contributed by atoms with Crippen LogP contribution in [0.2, 0.25) is 0 Å². The zero-order chi connectivity index (χ0) is 17.8. The first-order valence-corrected chi connectivity index (χ1v) is 6.55. The van der Waals surface area contributed by atoms with Crippen LogP contribution in [-0.4, -0.2) is 43.8 Å². The second-order valence-corrected chi connectivity index (χ2v) is 5.22. The minimum atomic E-state index is -4.85. The van der Waals surface area contributed by atoms with Crippen molar-refractivity contribution in [3.63, 3.8) is 0 Å². The molecule has 0 aliphatic heterocycles. The Hall–Kier alpha value is -1.93. The second-order valence-electron chi connectivity index (χ2n) is 5.22. The Morgan fingerprint density at radius 2 is 1.48 bits per heavy atom. The van der Waals surface area contributed by atoms with Crippen molar-refractivity contribution in [1.29, 1.82) is 0 Å². The largest absolute Gasteiger partial charge is 0.406 e. The van der Waals surface area contributed by atoms with Crippen LogP contribution in [0.5, 0.6) is 0 Å². The number of amides is 1. The summed E-state index contributed by atoms with van der Waals surface area (Å²) in [6.07, 6.45) is -11.5. The number of alkyl halides is 6. The fourth-order valence-electron chi connectivity index (χ4n) is 1.85. The molecule has 0 unspecified atom stereocenters. The predicted molar refractivity (Wildman–Crippen MR) is 72.9 cm³/mol. The highest BCUT2D eigenvalue weighted by Crippen LogP contribution is 2.24. The van der Waals surface area contributed by atoms with E-state index in [-0.39, 0.29) is 4.90 Å². The normalized spacial score (nSPS) is 12.2. The number of benzene rings is 1. The lowest BCUT2D eigenvalue weighted by atomic mass is 10.1. The first-order chi connectivity index (χ1) is 10.4. The molecule has 0 spiro atoms. The van der Waals surface area contributed by atoms with Gasteiger partial charge in [-0.1, -0.05) is 12.1 Å². The molecular weight excluding hydrogens is 326 g/mol. The average molecular weight is 342 g/mol. The minimum Gasteiger partial charge on any atom is -0.378 e. The summed E-state index contributed by atoms with van der Waals surface area (Å²) in [6.45, 7) is -2.26. The highest BCUT2D eigenvalue weighted by atomic mass is 19.4. The number of carbonyl (C=O) groups is 1. The Kier molecular flexibility index (Phi) is 5.90. The van der Waals surface area contributed by atoms with Gasteiger partial charge in [0.25, 0.3) is 0 Å². The van der Waals surface area contributed by atoms with Crippen molar-refractivity contribution < 1.29 is 31.1 Å². The number of halogens is 6. The fraction of sp³-hybridized carbons (Fsp3) is 0.500. The summed E-state index contributed by atoms with van der Waals surface area (Å²) in [7, 11) is 3.52. The highest BCUT2D eigenvalue weighted by molar-refractivity contribution is 5.77. The molecule has 0 atom stereocenters. The van der Waals surface area contributed by atoms with E-state index in [4.69, 9.17) is 0 Å². The molecule has 1 amide bonds. The molecule has 0 radical (unpaired) electrons. The lowest BCUT2D eigenvalue weighted by Crippen LogP contribution is -2.40.